The number of carbonyl (C=O) groups is 2. The maximum absolute atomic E-state index is 12.8. The van der Waals surface area contributed by atoms with E-state index in [-0.39, 0.29) is 6.54 Å². The summed E-state index contributed by atoms with van der Waals surface area (Å²) in [6.07, 6.45) is 2.52. The molecule has 2 bridgehead atoms. The van der Waals surface area contributed by atoms with Crippen molar-refractivity contribution < 1.29 is 24.4 Å². The molecular weight excluding hydrogens is 316 g/mol. The molecule has 0 unspecified atom stereocenters. The second-order valence-corrected chi connectivity index (χ2v) is 6.26. The van der Waals surface area contributed by atoms with Crippen LogP contribution in [0.3, 0.4) is 0 Å². The van der Waals surface area contributed by atoms with Crippen LogP contribution in [0.25, 0.3) is 0 Å². The summed E-state index contributed by atoms with van der Waals surface area (Å²) in [5, 5.41) is 21.3. The summed E-state index contributed by atoms with van der Waals surface area (Å²) >= 11 is 0. The number of hydrogen-bond acceptors (Lipinski definition) is 6. The van der Waals surface area contributed by atoms with Crippen molar-refractivity contribution in [2.24, 2.45) is 11.8 Å². The number of carbonyl (C=O) groups excluding carboxylic acids is 2. The van der Waals surface area contributed by atoms with Crippen molar-refractivity contribution in [2.45, 2.75) is 17.9 Å². The molecule has 1 aromatic rings. The lowest BCUT2D eigenvalue weighted by Gasteiger charge is -2.25. The van der Waals surface area contributed by atoms with E-state index in [9.17, 15) is 24.8 Å². The van der Waals surface area contributed by atoms with Crippen LogP contribution < -0.4 is 0 Å². The molecule has 8 heteroatoms. The van der Waals surface area contributed by atoms with Crippen molar-refractivity contribution in [2.75, 3.05) is 6.61 Å². The molecule has 0 radical (unpaired) electrons. The average molecular weight is 330 g/mol. The van der Waals surface area contributed by atoms with Crippen LogP contribution in [0.4, 0.5) is 0 Å². The average Bonchev–Trinajstić information content (AvgIpc) is 3.20. The SMILES string of the molecule is O=C1[C@@H]2[C@H](C(=O)N1Cc1ccccc1)[C@@]1([N+](=O)[O-])C=C[C@@]2(CO)O1. The lowest BCUT2D eigenvalue weighted by molar-refractivity contribution is -0.613. The minimum Gasteiger partial charge on any atom is -0.393 e. The molecule has 4 atom stereocenters. The quantitative estimate of drug-likeness (QED) is 0.363. The largest absolute Gasteiger partial charge is 0.393 e. The van der Waals surface area contributed by atoms with E-state index in [0.717, 1.165) is 10.5 Å². The van der Waals surface area contributed by atoms with Crippen LogP contribution >= 0.6 is 0 Å². The Hall–Kier alpha value is -2.58. The molecule has 2 amide bonds. The molecule has 0 aliphatic carbocycles. The minimum absolute atomic E-state index is 0.0425. The number of rotatable bonds is 4. The van der Waals surface area contributed by atoms with E-state index in [1.165, 1.54) is 12.2 Å². The molecule has 0 saturated carbocycles. The predicted octanol–water partition coefficient (Wildman–Crippen LogP) is 0.0919. The lowest BCUT2D eigenvalue weighted by atomic mass is 9.75. The number of ether oxygens (including phenoxy) is 1. The third-order valence-electron chi connectivity index (χ3n) is 5.04. The lowest BCUT2D eigenvalue weighted by Crippen LogP contribution is -2.46. The number of benzene rings is 1. The van der Waals surface area contributed by atoms with Crippen LogP contribution in [-0.4, -0.2) is 44.7 Å². The predicted molar refractivity (Wildman–Crippen MR) is 78.7 cm³/mol. The second-order valence-electron chi connectivity index (χ2n) is 6.26. The van der Waals surface area contributed by atoms with E-state index < -0.39 is 46.5 Å². The van der Waals surface area contributed by atoms with E-state index in [1.807, 2.05) is 6.07 Å². The zero-order valence-electron chi connectivity index (χ0n) is 12.5. The summed E-state index contributed by atoms with van der Waals surface area (Å²) < 4.78 is 5.44. The van der Waals surface area contributed by atoms with E-state index in [2.05, 4.69) is 0 Å². The number of likely N-dealkylation sites (tertiary alicyclic amines) is 1. The van der Waals surface area contributed by atoms with Gasteiger partial charge in [0.2, 0.25) is 11.8 Å². The Labute approximate surface area is 136 Å². The van der Waals surface area contributed by atoms with Gasteiger partial charge in [-0.1, -0.05) is 30.3 Å². The van der Waals surface area contributed by atoms with Crippen molar-refractivity contribution >= 4 is 11.8 Å². The number of aliphatic hydroxyl groups excluding tert-OH is 1. The molecule has 0 spiro atoms. The summed E-state index contributed by atoms with van der Waals surface area (Å²) in [6, 6.07) is 8.91. The molecule has 2 saturated heterocycles. The van der Waals surface area contributed by atoms with Crippen LogP contribution in [0.2, 0.25) is 0 Å². The van der Waals surface area contributed by atoms with Gasteiger partial charge in [-0.2, -0.15) is 0 Å². The van der Waals surface area contributed by atoms with Crippen LogP contribution in [0.15, 0.2) is 42.5 Å². The maximum atomic E-state index is 12.8. The van der Waals surface area contributed by atoms with Gasteiger partial charge in [0.05, 0.1) is 24.0 Å². The van der Waals surface area contributed by atoms with Crippen LogP contribution in [-0.2, 0) is 20.9 Å². The van der Waals surface area contributed by atoms with Gasteiger partial charge in [-0.05, 0) is 11.6 Å². The highest BCUT2D eigenvalue weighted by molar-refractivity contribution is 6.07. The number of fused-ring (bicyclic) bond motifs is 5. The van der Waals surface area contributed by atoms with Gasteiger partial charge >= 0.3 is 5.72 Å². The molecule has 1 N–H and O–H groups in total. The highest BCUT2D eigenvalue weighted by Crippen LogP contribution is 2.57. The van der Waals surface area contributed by atoms with E-state index in [4.69, 9.17) is 4.74 Å². The summed E-state index contributed by atoms with van der Waals surface area (Å²) in [4.78, 5) is 37.4. The first-order valence-corrected chi connectivity index (χ1v) is 7.50. The number of hydrogen-bond donors (Lipinski definition) is 1. The molecule has 3 aliphatic heterocycles. The summed E-state index contributed by atoms with van der Waals surface area (Å²) in [6.45, 7) is -0.556. The van der Waals surface area contributed by atoms with Crippen LogP contribution in [0.5, 0.6) is 0 Å². The zero-order valence-corrected chi connectivity index (χ0v) is 12.5. The molecule has 24 heavy (non-hydrogen) atoms. The Morgan fingerprint density at radius 2 is 1.83 bits per heavy atom. The molecule has 8 nitrogen and oxygen atoms in total. The molecule has 3 aliphatic rings. The second kappa shape index (κ2) is 4.71. The smallest absolute Gasteiger partial charge is 0.358 e. The molecule has 124 valence electrons. The van der Waals surface area contributed by atoms with Crippen molar-refractivity contribution in [3.8, 4) is 0 Å². The molecule has 1 aromatic carbocycles. The highest BCUT2D eigenvalue weighted by atomic mass is 16.7. The Morgan fingerprint density at radius 1 is 1.17 bits per heavy atom. The first-order valence-electron chi connectivity index (χ1n) is 7.50. The van der Waals surface area contributed by atoms with Gasteiger partial charge in [-0.25, -0.2) is 0 Å². The normalized spacial score (nSPS) is 36.5. The fourth-order valence-corrected chi connectivity index (χ4v) is 3.92. The van der Waals surface area contributed by atoms with Gasteiger partial charge in [-0.15, -0.1) is 0 Å². The Kier molecular flexibility index (Phi) is 2.94. The van der Waals surface area contributed by atoms with Crippen molar-refractivity contribution in [1.82, 2.24) is 4.90 Å². The van der Waals surface area contributed by atoms with Gasteiger partial charge in [0.25, 0.3) is 0 Å². The summed E-state index contributed by atoms with van der Waals surface area (Å²) in [7, 11) is 0. The third-order valence-corrected chi connectivity index (χ3v) is 5.04. The standard InChI is InChI=1S/C16H14N2O6/c19-9-15-6-7-16(24-15,18(22)23)12-11(15)13(20)17(14(12)21)8-10-4-2-1-3-5-10/h1-7,11-12,19H,8-9H2/t11-,12+,15-,16+/m0/s1. The zero-order chi connectivity index (χ0) is 17.1. The van der Waals surface area contributed by atoms with Gasteiger partial charge in [0.1, 0.15) is 5.60 Å². The monoisotopic (exact) mass is 330 g/mol. The number of aliphatic hydroxyl groups is 1. The van der Waals surface area contributed by atoms with E-state index in [1.54, 1.807) is 24.3 Å². The van der Waals surface area contributed by atoms with Crippen LogP contribution in [0.1, 0.15) is 5.56 Å². The molecule has 0 aromatic heterocycles. The molecular formula is C16H14N2O6. The summed E-state index contributed by atoms with van der Waals surface area (Å²) in [5.41, 5.74) is -2.84. The number of imide groups is 1. The van der Waals surface area contributed by atoms with E-state index in [0.29, 0.717) is 0 Å². The fourth-order valence-electron chi connectivity index (χ4n) is 3.92. The van der Waals surface area contributed by atoms with Crippen molar-refractivity contribution in [3.63, 3.8) is 0 Å². The van der Waals surface area contributed by atoms with Gasteiger partial charge in [-0.3, -0.25) is 29.3 Å². The first kappa shape index (κ1) is 15.0. The van der Waals surface area contributed by atoms with Crippen LogP contribution in [0, 0.1) is 22.0 Å². The van der Waals surface area contributed by atoms with Gasteiger partial charge in [0.15, 0.2) is 5.92 Å². The molecule has 2 fully saturated rings. The topological polar surface area (TPSA) is 110 Å². The third kappa shape index (κ3) is 1.64. The first-order chi connectivity index (χ1) is 11.4. The van der Waals surface area contributed by atoms with Gasteiger partial charge < -0.3 is 5.11 Å². The Balaban J connectivity index is 1.75. The van der Waals surface area contributed by atoms with E-state index >= 15 is 0 Å². The number of amides is 2. The minimum atomic E-state index is -2.08. The Morgan fingerprint density at radius 3 is 2.46 bits per heavy atom. The highest BCUT2D eigenvalue weighted by Gasteiger charge is 2.79. The molecule has 4 rings (SSSR count). The fraction of sp³-hybridized carbons (Fsp3) is 0.375. The molecule has 3 heterocycles. The van der Waals surface area contributed by atoms with Crippen molar-refractivity contribution in [3.05, 3.63) is 58.2 Å². The van der Waals surface area contributed by atoms with Gasteiger partial charge in [0, 0.05) is 6.08 Å². The van der Waals surface area contributed by atoms with Crippen molar-refractivity contribution in [1.29, 1.82) is 0 Å². The number of nitro groups is 1. The summed E-state index contributed by atoms with van der Waals surface area (Å²) in [5.74, 6) is -3.50. The Bertz CT molecular complexity index is 778. The number of nitrogens with zero attached hydrogens (tertiary/aromatic N) is 2. The maximum Gasteiger partial charge on any atom is 0.358 e.